The van der Waals surface area contributed by atoms with Crippen LogP contribution < -0.4 is 0 Å². The number of likely N-dealkylation sites (N-methyl/N-ethyl adjacent to an activating group) is 1. The summed E-state index contributed by atoms with van der Waals surface area (Å²) in [5.74, 6) is -2.57. The quantitative estimate of drug-likeness (QED) is 0.354. The number of hydrogen-bond donors (Lipinski definition) is 1. The lowest BCUT2D eigenvalue weighted by atomic mass is 9.84. The van der Waals surface area contributed by atoms with Crippen molar-refractivity contribution in [1.29, 1.82) is 0 Å². The predicted octanol–water partition coefficient (Wildman–Crippen LogP) is 3.60. The van der Waals surface area contributed by atoms with Gasteiger partial charge in [-0.05, 0) is 37.5 Å². The Morgan fingerprint density at radius 1 is 1.29 bits per heavy atom. The molecule has 35 heavy (non-hydrogen) atoms. The zero-order chi connectivity index (χ0) is 25.9. The van der Waals surface area contributed by atoms with Gasteiger partial charge in [0.15, 0.2) is 5.82 Å². The molecule has 3 heterocycles. The van der Waals surface area contributed by atoms with Gasteiger partial charge in [-0.15, -0.1) is 0 Å². The number of fused-ring (bicyclic) bond motifs is 1. The number of ketones is 1. The summed E-state index contributed by atoms with van der Waals surface area (Å²) in [7, 11) is 2.93. The zero-order valence-corrected chi connectivity index (χ0v) is 20.7. The van der Waals surface area contributed by atoms with Gasteiger partial charge in [-0.2, -0.15) is 0 Å². The van der Waals surface area contributed by atoms with Crippen molar-refractivity contribution in [3.05, 3.63) is 71.1 Å². The molecule has 0 saturated carbocycles. The summed E-state index contributed by atoms with van der Waals surface area (Å²) >= 11 is 6.37. The van der Waals surface area contributed by atoms with Crippen LogP contribution >= 0.6 is 11.6 Å². The summed E-state index contributed by atoms with van der Waals surface area (Å²) in [4.78, 5) is 44.7. The summed E-state index contributed by atoms with van der Waals surface area (Å²) in [6.07, 6.45) is 8.42. The number of aromatic nitrogens is 2. The molecular formula is C25H28ClFN4O4. The maximum atomic E-state index is 13.3. The number of piperidine rings is 1. The number of carbonyl (C=O) groups excluding carboxylic acids is 3. The molecule has 1 aliphatic rings. The maximum absolute atomic E-state index is 13.3. The fourth-order valence-corrected chi connectivity index (χ4v) is 4.19. The van der Waals surface area contributed by atoms with E-state index in [9.17, 15) is 23.9 Å². The maximum Gasteiger partial charge on any atom is 0.297 e. The van der Waals surface area contributed by atoms with Crippen molar-refractivity contribution in [2.45, 2.75) is 31.8 Å². The van der Waals surface area contributed by atoms with Gasteiger partial charge in [0, 0.05) is 39.8 Å². The second kappa shape index (κ2) is 10.5. The molecule has 3 rings (SSSR count). The molecular weight excluding hydrogens is 475 g/mol. The highest BCUT2D eigenvalue weighted by Gasteiger charge is 2.35. The van der Waals surface area contributed by atoms with E-state index < -0.39 is 23.1 Å². The van der Waals surface area contributed by atoms with E-state index in [4.69, 9.17) is 11.6 Å². The van der Waals surface area contributed by atoms with Crippen LogP contribution in [0.15, 0.2) is 54.7 Å². The van der Waals surface area contributed by atoms with Gasteiger partial charge in [0.05, 0.1) is 27.9 Å². The Kier molecular flexibility index (Phi) is 7.92. The van der Waals surface area contributed by atoms with Crippen LogP contribution in [0.3, 0.4) is 0 Å². The minimum absolute atomic E-state index is 0.111. The molecule has 2 aromatic rings. The number of aliphatic hydroxyl groups is 1. The first-order valence-corrected chi connectivity index (χ1v) is 11.5. The lowest BCUT2D eigenvalue weighted by Crippen LogP contribution is -2.47. The lowest BCUT2D eigenvalue weighted by molar-refractivity contribution is -0.124. The number of carbonyl (C=O) groups is 3. The molecule has 186 valence electrons. The van der Waals surface area contributed by atoms with E-state index in [0.29, 0.717) is 24.8 Å². The first kappa shape index (κ1) is 26.3. The van der Waals surface area contributed by atoms with Crippen LogP contribution in [0, 0.1) is 0 Å². The third-order valence-electron chi connectivity index (χ3n) is 6.01. The summed E-state index contributed by atoms with van der Waals surface area (Å²) in [5, 5.41) is 11.2. The second-order valence-electron chi connectivity index (χ2n) is 8.78. The summed E-state index contributed by atoms with van der Waals surface area (Å²) in [6, 6.07) is 1.52. The van der Waals surface area contributed by atoms with Gasteiger partial charge in [-0.3, -0.25) is 18.8 Å². The normalized spacial score (nSPS) is 16.1. The monoisotopic (exact) mass is 502 g/mol. The molecule has 1 aliphatic heterocycles. The number of allylic oxidation sites excluding steroid dienone is 4. The number of likely N-dealkylation sites (tertiary alicyclic amines) is 1. The third-order valence-corrected chi connectivity index (χ3v) is 6.33. The fraction of sp³-hybridized carbons (Fsp3) is 0.360. The Labute approximate surface area is 208 Å². The molecule has 0 bridgehead atoms. The average molecular weight is 503 g/mol. The van der Waals surface area contributed by atoms with E-state index in [1.54, 1.807) is 17.1 Å². The Morgan fingerprint density at radius 2 is 1.94 bits per heavy atom. The van der Waals surface area contributed by atoms with Crippen LogP contribution in [0.25, 0.3) is 5.52 Å². The first-order chi connectivity index (χ1) is 16.5. The van der Waals surface area contributed by atoms with E-state index in [1.807, 2.05) is 6.92 Å². The summed E-state index contributed by atoms with van der Waals surface area (Å²) in [6.45, 7) is 5.58. The van der Waals surface area contributed by atoms with Crippen LogP contribution in [-0.4, -0.2) is 74.7 Å². The number of hydrogen-bond acceptors (Lipinski definition) is 5. The van der Waals surface area contributed by atoms with Crippen LogP contribution in [0.5, 0.6) is 0 Å². The van der Waals surface area contributed by atoms with Crippen molar-refractivity contribution < 1.29 is 23.9 Å². The number of rotatable bonds is 7. The van der Waals surface area contributed by atoms with Crippen LogP contribution in [0.1, 0.15) is 47.2 Å². The number of nitrogens with zero attached hydrogens (tertiary/aromatic N) is 4. The largest absolute Gasteiger partial charge is 0.389 e. The van der Waals surface area contributed by atoms with Crippen molar-refractivity contribution in [3.63, 3.8) is 0 Å². The topological polar surface area (TPSA) is 95.2 Å². The van der Waals surface area contributed by atoms with Gasteiger partial charge in [0.25, 0.3) is 17.6 Å². The Bertz CT molecular complexity index is 1240. The molecule has 10 heteroatoms. The molecule has 1 saturated heterocycles. The fourth-order valence-electron chi connectivity index (χ4n) is 3.95. The number of amides is 2. The van der Waals surface area contributed by atoms with Gasteiger partial charge in [-0.25, -0.2) is 9.37 Å². The van der Waals surface area contributed by atoms with E-state index in [0.717, 1.165) is 10.5 Å². The van der Waals surface area contributed by atoms with Gasteiger partial charge in [0.2, 0.25) is 0 Å². The van der Waals surface area contributed by atoms with Gasteiger partial charge in [-0.1, -0.05) is 30.3 Å². The van der Waals surface area contributed by atoms with Crippen LogP contribution in [-0.2, 0) is 4.79 Å². The van der Waals surface area contributed by atoms with E-state index in [-0.39, 0.29) is 35.4 Å². The van der Waals surface area contributed by atoms with Crippen molar-refractivity contribution in [1.82, 2.24) is 19.2 Å². The Hall–Kier alpha value is -3.30. The highest BCUT2D eigenvalue weighted by atomic mass is 35.5. The van der Waals surface area contributed by atoms with Gasteiger partial charge >= 0.3 is 0 Å². The molecule has 0 aromatic carbocycles. The Balaban J connectivity index is 1.78. The number of imidazole rings is 1. The molecule has 0 radical (unpaired) electrons. The highest BCUT2D eigenvalue weighted by molar-refractivity contribution is 6.41. The minimum atomic E-state index is -1.04. The molecule has 2 amide bonds. The molecule has 2 aromatic heterocycles. The van der Waals surface area contributed by atoms with Crippen molar-refractivity contribution in [2.75, 3.05) is 27.2 Å². The zero-order valence-electron chi connectivity index (χ0n) is 19.9. The summed E-state index contributed by atoms with van der Waals surface area (Å²) in [5.41, 5.74) is 0.360. The first-order valence-electron chi connectivity index (χ1n) is 11.1. The van der Waals surface area contributed by atoms with E-state index >= 15 is 0 Å². The SMILES string of the molecule is C=C(F)/C=C\C(=C/C)CC1(O)CCN(C(=O)c2cn3c(C(=O)C(=O)N(C)C)ncc3cc2Cl)CC1. The second-order valence-corrected chi connectivity index (χ2v) is 9.18. The molecule has 0 atom stereocenters. The molecule has 0 spiro atoms. The number of halogens is 2. The van der Waals surface area contributed by atoms with Crippen LogP contribution in [0.4, 0.5) is 4.39 Å². The van der Waals surface area contributed by atoms with Crippen molar-refractivity contribution in [3.8, 4) is 0 Å². The predicted molar refractivity (Wildman–Crippen MR) is 131 cm³/mol. The third kappa shape index (κ3) is 5.86. The molecule has 1 fully saturated rings. The van der Waals surface area contributed by atoms with Crippen molar-refractivity contribution in [2.24, 2.45) is 0 Å². The van der Waals surface area contributed by atoms with E-state index in [1.165, 1.54) is 43.0 Å². The van der Waals surface area contributed by atoms with Crippen LogP contribution in [0.2, 0.25) is 5.02 Å². The average Bonchev–Trinajstić information content (AvgIpc) is 3.22. The lowest BCUT2D eigenvalue weighted by Gasteiger charge is -2.38. The standard InChI is InChI=1S/C25H28ClFN4O4/c1-5-17(7-6-16(2)27)13-25(35)8-10-30(11-9-25)23(33)19-15-31-18(12-20(19)26)14-28-22(31)21(32)24(34)29(3)4/h5-7,12,14-15,35H,2,8-11,13H2,1,3-4H3/b7-6-,17-5+. The van der Waals surface area contributed by atoms with Gasteiger partial charge in [0.1, 0.15) is 5.83 Å². The Morgan fingerprint density at radius 3 is 2.51 bits per heavy atom. The van der Waals surface area contributed by atoms with Gasteiger partial charge < -0.3 is 14.9 Å². The minimum Gasteiger partial charge on any atom is -0.389 e. The molecule has 0 aliphatic carbocycles. The molecule has 0 unspecified atom stereocenters. The number of Topliss-reactive ketones (excluding diaryl/α,β-unsaturated/α-hetero) is 1. The smallest absolute Gasteiger partial charge is 0.297 e. The van der Waals surface area contributed by atoms with E-state index in [2.05, 4.69) is 11.6 Å². The number of pyridine rings is 1. The van der Waals surface area contributed by atoms with Crippen molar-refractivity contribution >= 4 is 34.7 Å². The summed E-state index contributed by atoms with van der Waals surface area (Å²) < 4.78 is 14.3. The highest BCUT2D eigenvalue weighted by Crippen LogP contribution is 2.31. The molecule has 8 nitrogen and oxygen atoms in total. The molecule has 1 N–H and O–H groups in total.